The lowest BCUT2D eigenvalue weighted by molar-refractivity contribution is 0.0270. The van der Waals surface area contributed by atoms with Gasteiger partial charge in [-0.2, -0.15) is 0 Å². The van der Waals surface area contributed by atoms with Gasteiger partial charge in [0.15, 0.2) is 0 Å². The average Bonchev–Trinajstić information content (AvgIpc) is 3.53. The summed E-state index contributed by atoms with van der Waals surface area (Å²) in [6, 6.07) is 3.84. The van der Waals surface area contributed by atoms with Crippen molar-refractivity contribution >= 4 is 29.4 Å². The Balaban J connectivity index is 1.87. The maximum atomic E-state index is 12.6. The SMILES string of the molecule is CCN(CC)C(=O)Oc1ccc(C2CC2)c(Cl)c1C1=CCN(C(=O)OC(C)(C)C)CC1. The molecule has 170 valence electrons. The van der Waals surface area contributed by atoms with E-state index in [4.69, 9.17) is 21.1 Å². The Kier molecular flexibility index (Phi) is 7.20. The van der Waals surface area contributed by atoms with Crippen LogP contribution in [0.25, 0.3) is 5.57 Å². The highest BCUT2D eigenvalue weighted by atomic mass is 35.5. The average molecular weight is 449 g/mol. The zero-order valence-corrected chi connectivity index (χ0v) is 19.9. The largest absolute Gasteiger partial charge is 0.444 e. The van der Waals surface area contributed by atoms with E-state index in [1.165, 1.54) is 0 Å². The second-order valence-corrected chi connectivity index (χ2v) is 9.44. The van der Waals surface area contributed by atoms with Gasteiger partial charge in [-0.3, -0.25) is 0 Å². The molecule has 1 fully saturated rings. The van der Waals surface area contributed by atoms with E-state index in [-0.39, 0.29) is 12.2 Å². The summed E-state index contributed by atoms with van der Waals surface area (Å²) in [7, 11) is 0. The molecule has 31 heavy (non-hydrogen) atoms. The lowest BCUT2D eigenvalue weighted by Gasteiger charge is -2.30. The minimum Gasteiger partial charge on any atom is -0.444 e. The second kappa shape index (κ2) is 9.51. The molecule has 6 nitrogen and oxygen atoms in total. The maximum Gasteiger partial charge on any atom is 0.415 e. The number of hydrogen-bond acceptors (Lipinski definition) is 4. The van der Waals surface area contributed by atoms with E-state index >= 15 is 0 Å². The number of ether oxygens (including phenoxy) is 2. The monoisotopic (exact) mass is 448 g/mol. The Hall–Kier alpha value is -2.21. The number of halogens is 1. The van der Waals surface area contributed by atoms with Crippen molar-refractivity contribution in [3.8, 4) is 5.75 Å². The highest BCUT2D eigenvalue weighted by Crippen LogP contribution is 2.48. The molecule has 1 aliphatic carbocycles. The van der Waals surface area contributed by atoms with Crippen LogP contribution in [0.3, 0.4) is 0 Å². The molecule has 1 aromatic carbocycles. The highest BCUT2D eigenvalue weighted by molar-refractivity contribution is 6.33. The summed E-state index contributed by atoms with van der Waals surface area (Å²) in [5.74, 6) is 0.949. The molecule has 0 saturated heterocycles. The number of benzene rings is 1. The number of rotatable bonds is 5. The van der Waals surface area contributed by atoms with Crippen molar-refractivity contribution in [1.82, 2.24) is 9.80 Å². The Morgan fingerprint density at radius 2 is 1.87 bits per heavy atom. The first-order valence-corrected chi connectivity index (χ1v) is 11.5. The molecular weight excluding hydrogens is 416 g/mol. The van der Waals surface area contributed by atoms with Gasteiger partial charge >= 0.3 is 12.2 Å². The molecule has 0 unspecified atom stereocenters. The van der Waals surface area contributed by atoms with Gasteiger partial charge in [0.05, 0.1) is 5.02 Å². The first kappa shape index (κ1) is 23.5. The highest BCUT2D eigenvalue weighted by Gasteiger charge is 2.31. The summed E-state index contributed by atoms with van der Waals surface area (Å²) >= 11 is 6.85. The van der Waals surface area contributed by atoms with Crippen molar-refractivity contribution in [3.05, 3.63) is 34.4 Å². The van der Waals surface area contributed by atoms with Gasteiger partial charge in [-0.1, -0.05) is 23.7 Å². The molecule has 0 atom stereocenters. The van der Waals surface area contributed by atoms with Crippen LogP contribution in [0.2, 0.25) is 5.02 Å². The zero-order valence-electron chi connectivity index (χ0n) is 19.2. The third-order valence-corrected chi connectivity index (χ3v) is 5.96. The summed E-state index contributed by atoms with van der Waals surface area (Å²) in [4.78, 5) is 28.3. The third kappa shape index (κ3) is 5.73. The van der Waals surface area contributed by atoms with Crippen LogP contribution in [0.5, 0.6) is 5.75 Å². The maximum absolute atomic E-state index is 12.6. The Bertz CT molecular complexity index is 867. The van der Waals surface area contributed by atoms with Crippen molar-refractivity contribution in [2.45, 2.75) is 65.4 Å². The Morgan fingerprint density at radius 1 is 1.19 bits per heavy atom. The van der Waals surface area contributed by atoms with Crippen molar-refractivity contribution in [3.63, 3.8) is 0 Å². The van der Waals surface area contributed by atoms with Crippen LogP contribution in [0, 0.1) is 0 Å². The van der Waals surface area contributed by atoms with E-state index in [0.29, 0.717) is 49.3 Å². The molecule has 0 spiro atoms. The molecule has 3 rings (SSSR count). The first-order valence-electron chi connectivity index (χ1n) is 11.1. The molecule has 1 heterocycles. The summed E-state index contributed by atoms with van der Waals surface area (Å²) in [5.41, 5.74) is 2.34. The normalized spacial score (nSPS) is 16.6. The molecule has 1 aliphatic heterocycles. The lowest BCUT2D eigenvalue weighted by Crippen LogP contribution is -2.39. The molecule has 0 radical (unpaired) electrons. The predicted octanol–water partition coefficient (Wildman–Crippen LogP) is 6.08. The first-order chi connectivity index (χ1) is 14.6. The molecular formula is C24H33ClN2O4. The number of amides is 2. The van der Waals surface area contributed by atoms with Gasteiger partial charge in [-0.15, -0.1) is 0 Å². The van der Waals surface area contributed by atoms with Crippen LogP contribution >= 0.6 is 11.6 Å². The fraction of sp³-hybridized carbons (Fsp3) is 0.583. The van der Waals surface area contributed by atoms with Crippen LogP contribution in [-0.4, -0.2) is 53.8 Å². The zero-order chi connectivity index (χ0) is 22.8. The van der Waals surface area contributed by atoms with Crippen LogP contribution < -0.4 is 4.74 Å². The Labute approximate surface area is 190 Å². The van der Waals surface area contributed by atoms with Gasteiger partial charge in [0, 0.05) is 31.7 Å². The molecule has 7 heteroatoms. The van der Waals surface area contributed by atoms with Gasteiger partial charge in [0.1, 0.15) is 11.4 Å². The van der Waals surface area contributed by atoms with E-state index in [2.05, 4.69) is 0 Å². The minimum atomic E-state index is -0.533. The van der Waals surface area contributed by atoms with Gasteiger partial charge in [0.2, 0.25) is 0 Å². The van der Waals surface area contributed by atoms with Gasteiger partial charge in [-0.25, -0.2) is 9.59 Å². The number of carbonyl (C=O) groups excluding carboxylic acids is 2. The van der Waals surface area contributed by atoms with E-state index < -0.39 is 5.60 Å². The molecule has 0 bridgehead atoms. The van der Waals surface area contributed by atoms with Crippen molar-refractivity contribution in [2.75, 3.05) is 26.2 Å². The standard InChI is InChI=1S/C24H33ClN2O4/c1-6-26(7-2)22(28)30-19-11-10-18(16-8-9-16)21(25)20(19)17-12-14-27(15-13-17)23(29)31-24(3,4)5/h10-12,16H,6-9,13-15H2,1-5H3. The van der Waals surface area contributed by atoms with Gasteiger partial charge in [0.25, 0.3) is 0 Å². The summed E-state index contributed by atoms with van der Waals surface area (Å²) in [6.45, 7) is 11.5. The fourth-order valence-corrected chi connectivity index (χ4v) is 4.13. The van der Waals surface area contributed by atoms with E-state index in [1.807, 2.05) is 52.8 Å². The molecule has 1 saturated carbocycles. The summed E-state index contributed by atoms with van der Waals surface area (Å²) < 4.78 is 11.3. The van der Waals surface area contributed by atoms with E-state index in [1.54, 1.807) is 9.80 Å². The van der Waals surface area contributed by atoms with Crippen molar-refractivity contribution in [2.24, 2.45) is 0 Å². The molecule has 2 aliphatic rings. The van der Waals surface area contributed by atoms with Gasteiger partial charge < -0.3 is 19.3 Å². The summed E-state index contributed by atoms with van der Waals surface area (Å²) in [5, 5.41) is 0.657. The smallest absolute Gasteiger partial charge is 0.415 e. The second-order valence-electron chi connectivity index (χ2n) is 9.06. The molecule has 0 aromatic heterocycles. The van der Waals surface area contributed by atoms with Crippen LogP contribution in [0.15, 0.2) is 18.2 Å². The fourth-order valence-electron chi connectivity index (χ4n) is 3.70. The quantitative estimate of drug-likeness (QED) is 0.547. The van der Waals surface area contributed by atoms with Gasteiger partial charge in [-0.05, 0) is 77.0 Å². The van der Waals surface area contributed by atoms with Crippen molar-refractivity contribution < 1.29 is 19.1 Å². The lowest BCUT2D eigenvalue weighted by atomic mass is 9.95. The number of nitrogens with zero attached hydrogens (tertiary/aromatic N) is 2. The third-order valence-electron chi connectivity index (χ3n) is 5.55. The Morgan fingerprint density at radius 3 is 2.39 bits per heavy atom. The molecule has 1 aromatic rings. The number of hydrogen-bond donors (Lipinski definition) is 0. The molecule has 2 amide bonds. The van der Waals surface area contributed by atoms with E-state index in [0.717, 1.165) is 29.5 Å². The number of carbonyl (C=O) groups is 2. The van der Waals surface area contributed by atoms with Crippen LogP contribution in [0.1, 0.15) is 70.9 Å². The summed E-state index contributed by atoms with van der Waals surface area (Å²) in [6.07, 6.45) is 4.15. The topological polar surface area (TPSA) is 59.1 Å². The molecule has 0 N–H and O–H groups in total. The minimum absolute atomic E-state index is 0.325. The van der Waals surface area contributed by atoms with Crippen LogP contribution in [-0.2, 0) is 4.74 Å². The van der Waals surface area contributed by atoms with E-state index in [9.17, 15) is 9.59 Å². The predicted molar refractivity (Wildman–Crippen MR) is 123 cm³/mol. The van der Waals surface area contributed by atoms with Crippen molar-refractivity contribution in [1.29, 1.82) is 0 Å². The van der Waals surface area contributed by atoms with Crippen LogP contribution in [0.4, 0.5) is 9.59 Å².